The molecule has 0 spiro atoms. The van der Waals surface area contributed by atoms with E-state index in [9.17, 15) is 0 Å². The molecule has 2 aromatic carbocycles. The largest absolute Gasteiger partial charge is 0.244 e. The SMILES string of the molecule is c1cc(-c2ccc(C[n+]3ccn(CC45CC6CC(CC(C6)C4)C5)c3)cc2)ccc1C[n+]1ccn(CC23CC4CC(CC(C4)C2)C3)c1. The molecule has 2 aromatic heterocycles. The van der Waals surface area contributed by atoms with Crippen LogP contribution in [-0.2, 0) is 26.2 Å². The van der Waals surface area contributed by atoms with Crippen molar-refractivity contribution in [3.05, 3.63) is 97.1 Å². The molecule has 0 radical (unpaired) electrons. The molecule has 0 atom stereocenters. The van der Waals surface area contributed by atoms with E-state index in [0.717, 1.165) is 48.6 Å². The van der Waals surface area contributed by atoms with Crippen molar-refractivity contribution in [3.63, 3.8) is 0 Å². The lowest BCUT2D eigenvalue weighted by Crippen LogP contribution is -2.48. The molecule has 8 bridgehead atoms. The number of imidazole rings is 2. The molecule has 46 heavy (non-hydrogen) atoms. The van der Waals surface area contributed by atoms with E-state index >= 15 is 0 Å². The first-order valence-corrected chi connectivity index (χ1v) is 18.8. The van der Waals surface area contributed by atoms with E-state index in [1.165, 1.54) is 112 Å². The fourth-order valence-electron chi connectivity index (χ4n) is 13.0. The van der Waals surface area contributed by atoms with E-state index < -0.39 is 0 Å². The van der Waals surface area contributed by atoms with Gasteiger partial charge in [0.05, 0.1) is 13.1 Å². The Bertz CT molecular complexity index is 1510. The second-order valence-corrected chi connectivity index (χ2v) is 17.7. The highest BCUT2D eigenvalue weighted by atomic mass is 15.1. The van der Waals surface area contributed by atoms with E-state index in [2.05, 4.69) is 104 Å². The van der Waals surface area contributed by atoms with Crippen molar-refractivity contribution in [2.45, 2.75) is 103 Å². The van der Waals surface area contributed by atoms with Crippen LogP contribution in [0, 0.1) is 46.3 Å². The summed E-state index contributed by atoms with van der Waals surface area (Å²) in [4.78, 5) is 0. The maximum atomic E-state index is 2.50. The minimum absolute atomic E-state index is 0.584. The van der Waals surface area contributed by atoms with E-state index in [-0.39, 0.29) is 0 Å². The predicted octanol–water partition coefficient (Wildman–Crippen LogP) is 8.06. The zero-order valence-corrected chi connectivity index (χ0v) is 27.6. The third kappa shape index (κ3) is 5.28. The number of hydrogen-bond acceptors (Lipinski definition) is 0. The Morgan fingerprint density at radius 3 is 1.13 bits per heavy atom. The normalized spacial score (nSPS) is 35.3. The van der Waals surface area contributed by atoms with Gasteiger partial charge in [-0.2, -0.15) is 0 Å². The van der Waals surface area contributed by atoms with E-state index in [1.54, 1.807) is 0 Å². The second-order valence-electron chi connectivity index (χ2n) is 17.7. The van der Waals surface area contributed by atoms with Crippen molar-refractivity contribution in [1.29, 1.82) is 0 Å². The van der Waals surface area contributed by atoms with E-state index in [4.69, 9.17) is 0 Å². The van der Waals surface area contributed by atoms with Gasteiger partial charge in [-0.1, -0.05) is 48.5 Å². The molecule has 0 aliphatic heterocycles. The van der Waals surface area contributed by atoms with Crippen LogP contribution in [0.3, 0.4) is 0 Å². The summed E-state index contributed by atoms with van der Waals surface area (Å²) in [6.07, 6.45) is 32.0. The lowest BCUT2D eigenvalue weighted by atomic mass is 9.49. The van der Waals surface area contributed by atoms with Gasteiger partial charge in [0.2, 0.25) is 12.7 Å². The molecule has 8 saturated carbocycles. The van der Waals surface area contributed by atoms with Crippen molar-refractivity contribution in [2.24, 2.45) is 46.3 Å². The number of nitrogens with zero attached hydrogens (tertiary/aromatic N) is 4. The number of aromatic nitrogens is 4. The fourth-order valence-corrected chi connectivity index (χ4v) is 13.0. The molecule has 4 aromatic rings. The van der Waals surface area contributed by atoms with Crippen LogP contribution in [0.4, 0.5) is 0 Å². The molecule has 12 rings (SSSR count). The van der Waals surface area contributed by atoms with Crippen molar-refractivity contribution in [3.8, 4) is 11.1 Å². The molecule has 2 heterocycles. The first kappa shape index (κ1) is 27.9. The quantitative estimate of drug-likeness (QED) is 0.170. The van der Waals surface area contributed by atoms with Crippen LogP contribution in [0.15, 0.2) is 86.0 Å². The van der Waals surface area contributed by atoms with Crippen LogP contribution in [0.5, 0.6) is 0 Å². The van der Waals surface area contributed by atoms with Gasteiger partial charge in [-0.25, -0.2) is 18.3 Å². The lowest BCUT2D eigenvalue weighted by Gasteiger charge is -2.56. The average Bonchev–Trinajstić information content (AvgIpc) is 3.64. The Morgan fingerprint density at radius 2 is 0.804 bits per heavy atom. The number of benzene rings is 2. The summed E-state index contributed by atoms with van der Waals surface area (Å²) in [6, 6.07) is 18.5. The fraction of sp³-hybridized carbons (Fsp3) is 0.571. The average molecular weight is 613 g/mol. The molecular formula is C42H52N4+2. The maximum Gasteiger partial charge on any atom is 0.244 e. The van der Waals surface area contributed by atoms with Gasteiger partial charge < -0.3 is 0 Å². The van der Waals surface area contributed by atoms with Gasteiger partial charge >= 0.3 is 0 Å². The van der Waals surface area contributed by atoms with Crippen molar-refractivity contribution in [1.82, 2.24) is 9.13 Å². The summed E-state index contributed by atoms with van der Waals surface area (Å²) in [5.74, 6) is 6.14. The number of hydrogen-bond donors (Lipinski definition) is 0. The van der Waals surface area contributed by atoms with Crippen molar-refractivity contribution >= 4 is 0 Å². The van der Waals surface area contributed by atoms with E-state index in [1.807, 2.05) is 0 Å². The standard InChI is InChI=1S/C42H52N4/c1-5-39(6-2-31(1)25-43-9-11-45(29-43)27-41-19-33-13-34(20-41)15-35(14-33)21-41)40-7-3-32(4-8-40)26-44-10-12-46(30-44)28-42-22-36-16-37(23-42)18-38(17-36)24-42/h1-12,29-30,33-38H,13-28H2/q+2. The zero-order valence-electron chi connectivity index (χ0n) is 27.6. The van der Waals surface area contributed by atoms with E-state index in [0.29, 0.717) is 10.8 Å². The maximum absolute atomic E-state index is 2.50. The van der Waals surface area contributed by atoms with Crippen LogP contribution < -0.4 is 9.13 Å². The zero-order chi connectivity index (χ0) is 30.3. The lowest BCUT2D eigenvalue weighted by molar-refractivity contribution is -0.688. The third-order valence-electron chi connectivity index (χ3n) is 13.8. The van der Waals surface area contributed by atoms with Crippen LogP contribution in [-0.4, -0.2) is 9.13 Å². The summed E-state index contributed by atoms with van der Waals surface area (Å²) in [5.41, 5.74) is 6.50. The van der Waals surface area contributed by atoms with Gasteiger partial charge in [-0.05, 0) is 135 Å². The molecule has 4 nitrogen and oxygen atoms in total. The highest BCUT2D eigenvalue weighted by Crippen LogP contribution is 2.61. The van der Waals surface area contributed by atoms with Gasteiger partial charge in [0.15, 0.2) is 0 Å². The third-order valence-corrected chi connectivity index (χ3v) is 13.8. The predicted molar refractivity (Wildman–Crippen MR) is 181 cm³/mol. The second kappa shape index (κ2) is 10.7. The molecule has 8 aliphatic rings. The number of rotatable bonds is 9. The Hall–Kier alpha value is -3.14. The Morgan fingerprint density at radius 1 is 0.478 bits per heavy atom. The first-order valence-electron chi connectivity index (χ1n) is 18.8. The highest BCUT2D eigenvalue weighted by molar-refractivity contribution is 5.63. The minimum Gasteiger partial charge on any atom is -0.236 e. The van der Waals surface area contributed by atoms with Crippen LogP contribution in [0.25, 0.3) is 11.1 Å². The minimum atomic E-state index is 0.584. The molecule has 0 saturated heterocycles. The van der Waals surface area contributed by atoms with Crippen LogP contribution >= 0.6 is 0 Å². The van der Waals surface area contributed by atoms with Gasteiger partial charge in [0.1, 0.15) is 37.9 Å². The van der Waals surface area contributed by atoms with Gasteiger partial charge in [0, 0.05) is 10.8 Å². The molecule has 4 heteroatoms. The Kier molecular flexibility index (Phi) is 6.49. The topological polar surface area (TPSA) is 17.6 Å². The Labute approximate surface area is 275 Å². The van der Waals surface area contributed by atoms with Gasteiger partial charge in [-0.3, -0.25) is 0 Å². The molecular weight excluding hydrogens is 560 g/mol. The molecule has 238 valence electrons. The summed E-state index contributed by atoms with van der Waals surface area (Å²) < 4.78 is 9.75. The molecule has 0 unspecified atom stereocenters. The van der Waals surface area contributed by atoms with Crippen LogP contribution in [0.1, 0.15) is 88.2 Å². The Balaban J connectivity index is 0.751. The summed E-state index contributed by atoms with van der Waals surface area (Å²) in [7, 11) is 0. The monoisotopic (exact) mass is 612 g/mol. The smallest absolute Gasteiger partial charge is 0.236 e. The summed E-state index contributed by atoms with van der Waals surface area (Å²) >= 11 is 0. The van der Waals surface area contributed by atoms with Gasteiger partial charge in [0.25, 0.3) is 0 Å². The molecule has 0 amide bonds. The molecule has 8 aliphatic carbocycles. The van der Waals surface area contributed by atoms with Crippen LogP contribution in [0.2, 0.25) is 0 Å². The van der Waals surface area contributed by atoms with Gasteiger partial charge in [-0.15, -0.1) is 0 Å². The summed E-state index contributed by atoms with van der Waals surface area (Å²) in [5, 5.41) is 0. The molecule has 8 fully saturated rings. The van der Waals surface area contributed by atoms with Crippen molar-refractivity contribution in [2.75, 3.05) is 0 Å². The summed E-state index contributed by atoms with van der Waals surface area (Å²) in [6.45, 7) is 4.33. The molecule has 0 N–H and O–H groups in total. The van der Waals surface area contributed by atoms with Crippen molar-refractivity contribution < 1.29 is 9.13 Å². The first-order chi connectivity index (χ1) is 22.5. The highest BCUT2D eigenvalue weighted by Gasteiger charge is 2.53.